The third-order valence-corrected chi connectivity index (χ3v) is 3.85. The fraction of sp³-hybridized carbons (Fsp3) is 0.800. The van der Waals surface area contributed by atoms with Crippen LogP contribution in [0.5, 0.6) is 0 Å². The molecule has 0 aromatic rings. The van der Waals surface area contributed by atoms with Crippen LogP contribution in [0.1, 0.15) is 64.2 Å². The lowest BCUT2D eigenvalue weighted by atomic mass is 10.00. The Hall–Kier alpha value is -0.630. The van der Waals surface area contributed by atoms with E-state index in [4.69, 9.17) is 4.74 Å². The van der Waals surface area contributed by atoms with Gasteiger partial charge in [0.05, 0.1) is 6.10 Å². The van der Waals surface area contributed by atoms with Crippen molar-refractivity contribution in [1.82, 2.24) is 0 Å². The van der Waals surface area contributed by atoms with E-state index in [2.05, 4.69) is 6.08 Å². The lowest BCUT2D eigenvalue weighted by Gasteiger charge is -2.09. The molecule has 0 radical (unpaired) electrons. The van der Waals surface area contributed by atoms with E-state index in [1.807, 2.05) is 0 Å². The first kappa shape index (κ1) is 12.8. The zero-order valence-electron chi connectivity index (χ0n) is 10.7. The number of carbonyl (C=O) groups is 1. The molecule has 0 amide bonds. The molecule has 0 aromatic carbocycles. The van der Waals surface area contributed by atoms with Gasteiger partial charge < -0.3 is 4.74 Å². The van der Waals surface area contributed by atoms with E-state index in [1.54, 1.807) is 0 Å². The van der Waals surface area contributed by atoms with E-state index in [1.165, 1.54) is 32.1 Å². The van der Waals surface area contributed by atoms with Gasteiger partial charge in [0.1, 0.15) is 0 Å². The van der Waals surface area contributed by atoms with Crippen LogP contribution in [0.4, 0.5) is 0 Å². The van der Waals surface area contributed by atoms with Gasteiger partial charge in [-0.3, -0.25) is 4.79 Å². The zero-order chi connectivity index (χ0) is 11.9. The second-order valence-corrected chi connectivity index (χ2v) is 5.28. The van der Waals surface area contributed by atoms with Crippen molar-refractivity contribution in [3.8, 4) is 0 Å². The van der Waals surface area contributed by atoms with Crippen LogP contribution in [0.15, 0.2) is 11.6 Å². The number of allylic oxidation sites excluding steroid dienone is 2. The van der Waals surface area contributed by atoms with Crippen LogP contribution in [-0.4, -0.2) is 18.5 Å². The minimum absolute atomic E-state index is 0.393. The highest BCUT2D eigenvalue weighted by Gasteiger charge is 2.16. The maximum absolute atomic E-state index is 12.0. The standard InChI is InChI=1S/C15H24O2/c16-15(13-7-3-1-2-4-8-13)11-5-9-14-10-6-12-17-14/h7,14H,1-6,8-12H2. The first-order valence-corrected chi connectivity index (χ1v) is 7.20. The van der Waals surface area contributed by atoms with Crippen LogP contribution in [0.25, 0.3) is 0 Å². The Labute approximate surface area is 104 Å². The molecular formula is C15H24O2. The van der Waals surface area contributed by atoms with Gasteiger partial charge >= 0.3 is 0 Å². The number of ketones is 1. The van der Waals surface area contributed by atoms with Crippen LogP contribution in [-0.2, 0) is 9.53 Å². The van der Waals surface area contributed by atoms with Crippen LogP contribution >= 0.6 is 0 Å². The van der Waals surface area contributed by atoms with Crippen molar-refractivity contribution in [3.63, 3.8) is 0 Å². The molecule has 96 valence electrons. The molecule has 0 spiro atoms. The van der Waals surface area contributed by atoms with Crippen molar-refractivity contribution in [2.45, 2.75) is 70.3 Å². The second kappa shape index (κ2) is 6.95. The Balaban J connectivity index is 1.67. The Bertz CT molecular complexity index is 275. The minimum atomic E-state index is 0.393. The van der Waals surface area contributed by atoms with Crippen molar-refractivity contribution >= 4 is 5.78 Å². The minimum Gasteiger partial charge on any atom is -0.378 e. The lowest BCUT2D eigenvalue weighted by Crippen LogP contribution is -2.07. The number of rotatable bonds is 5. The molecular weight excluding hydrogens is 212 g/mol. The number of hydrogen-bond donors (Lipinski definition) is 0. The Morgan fingerprint density at radius 2 is 2.24 bits per heavy atom. The number of ether oxygens (including phenoxy) is 1. The smallest absolute Gasteiger partial charge is 0.158 e. The van der Waals surface area contributed by atoms with Crippen molar-refractivity contribution < 1.29 is 9.53 Å². The van der Waals surface area contributed by atoms with Crippen LogP contribution in [0, 0.1) is 0 Å². The predicted octanol–water partition coefficient (Wildman–Crippen LogP) is 3.80. The summed E-state index contributed by atoms with van der Waals surface area (Å²) < 4.78 is 5.57. The summed E-state index contributed by atoms with van der Waals surface area (Å²) in [6.45, 7) is 0.920. The van der Waals surface area contributed by atoms with Crippen molar-refractivity contribution in [3.05, 3.63) is 11.6 Å². The highest BCUT2D eigenvalue weighted by atomic mass is 16.5. The summed E-state index contributed by atoms with van der Waals surface area (Å²) in [5.41, 5.74) is 1.11. The molecule has 17 heavy (non-hydrogen) atoms. The molecule has 0 bridgehead atoms. The molecule has 1 saturated heterocycles. The quantitative estimate of drug-likeness (QED) is 0.726. The first-order chi connectivity index (χ1) is 8.36. The van der Waals surface area contributed by atoms with E-state index in [-0.39, 0.29) is 0 Å². The summed E-state index contributed by atoms with van der Waals surface area (Å²) in [4.78, 5) is 12.0. The largest absolute Gasteiger partial charge is 0.378 e. The molecule has 1 atom stereocenters. The molecule has 0 aromatic heterocycles. The first-order valence-electron chi connectivity index (χ1n) is 7.20. The molecule has 2 rings (SSSR count). The van der Waals surface area contributed by atoms with Gasteiger partial charge in [0, 0.05) is 13.0 Å². The Morgan fingerprint density at radius 3 is 3.06 bits per heavy atom. The monoisotopic (exact) mass is 236 g/mol. The number of hydrogen-bond acceptors (Lipinski definition) is 2. The van der Waals surface area contributed by atoms with E-state index in [0.717, 1.165) is 44.3 Å². The van der Waals surface area contributed by atoms with Gasteiger partial charge in [-0.2, -0.15) is 0 Å². The van der Waals surface area contributed by atoms with E-state index < -0.39 is 0 Å². The molecule has 2 nitrogen and oxygen atoms in total. The summed E-state index contributed by atoms with van der Waals surface area (Å²) in [6, 6.07) is 0. The van der Waals surface area contributed by atoms with Crippen molar-refractivity contribution in [1.29, 1.82) is 0 Å². The summed E-state index contributed by atoms with van der Waals surface area (Å²) >= 11 is 0. The maximum Gasteiger partial charge on any atom is 0.158 e. The summed E-state index contributed by atoms with van der Waals surface area (Å²) in [6.07, 6.45) is 13.7. The summed E-state index contributed by atoms with van der Waals surface area (Å²) in [5.74, 6) is 0.393. The zero-order valence-corrected chi connectivity index (χ0v) is 10.7. The van der Waals surface area contributed by atoms with Crippen molar-refractivity contribution in [2.75, 3.05) is 6.61 Å². The number of Topliss-reactive ketones (excluding diaryl/α,β-unsaturated/α-hetero) is 1. The van der Waals surface area contributed by atoms with Gasteiger partial charge in [-0.25, -0.2) is 0 Å². The molecule has 1 aliphatic carbocycles. The molecule has 2 heteroatoms. The topological polar surface area (TPSA) is 26.3 Å². The molecule has 1 aliphatic heterocycles. The van der Waals surface area contributed by atoms with Crippen LogP contribution in [0.2, 0.25) is 0 Å². The fourth-order valence-electron chi connectivity index (χ4n) is 2.79. The predicted molar refractivity (Wildman–Crippen MR) is 69.0 cm³/mol. The van der Waals surface area contributed by atoms with Crippen LogP contribution < -0.4 is 0 Å². The average molecular weight is 236 g/mol. The third-order valence-electron chi connectivity index (χ3n) is 3.85. The van der Waals surface area contributed by atoms with Crippen LogP contribution in [0.3, 0.4) is 0 Å². The lowest BCUT2D eigenvalue weighted by molar-refractivity contribution is -0.115. The molecule has 1 fully saturated rings. The summed E-state index contributed by atoms with van der Waals surface area (Å²) in [7, 11) is 0. The molecule has 1 heterocycles. The van der Waals surface area contributed by atoms with E-state index in [9.17, 15) is 4.79 Å². The fourth-order valence-corrected chi connectivity index (χ4v) is 2.79. The molecule has 0 N–H and O–H groups in total. The van der Waals surface area contributed by atoms with Gasteiger partial charge in [-0.15, -0.1) is 0 Å². The summed E-state index contributed by atoms with van der Waals surface area (Å²) in [5, 5.41) is 0. The van der Waals surface area contributed by atoms with Gasteiger partial charge in [-0.1, -0.05) is 12.5 Å². The highest BCUT2D eigenvalue weighted by Crippen LogP contribution is 2.21. The van der Waals surface area contributed by atoms with Gasteiger partial charge in [0.25, 0.3) is 0 Å². The highest BCUT2D eigenvalue weighted by molar-refractivity contribution is 5.95. The Kier molecular flexibility index (Phi) is 5.24. The third kappa shape index (κ3) is 4.27. The van der Waals surface area contributed by atoms with E-state index >= 15 is 0 Å². The normalized spacial score (nSPS) is 25.4. The molecule has 2 aliphatic rings. The Morgan fingerprint density at radius 1 is 1.29 bits per heavy atom. The van der Waals surface area contributed by atoms with Gasteiger partial charge in [0.15, 0.2) is 5.78 Å². The molecule has 1 unspecified atom stereocenters. The van der Waals surface area contributed by atoms with Gasteiger partial charge in [-0.05, 0) is 56.9 Å². The van der Waals surface area contributed by atoms with Gasteiger partial charge in [0.2, 0.25) is 0 Å². The molecule has 0 saturated carbocycles. The maximum atomic E-state index is 12.0. The number of carbonyl (C=O) groups excluding carboxylic acids is 1. The van der Waals surface area contributed by atoms with Crippen molar-refractivity contribution in [2.24, 2.45) is 0 Å². The average Bonchev–Trinajstić information content (AvgIpc) is 2.69. The SMILES string of the molecule is O=C(CCCC1CCCO1)C1=CCCCCC1. The van der Waals surface area contributed by atoms with E-state index in [0.29, 0.717) is 11.9 Å². The second-order valence-electron chi connectivity index (χ2n) is 5.28.